The Balaban J connectivity index is 2.92. The minimum atomic E-state index is -3.56. The fourth-order valence-electron chi connectivity index (χ4n) is 1.85. The Labute approximate surface area is 139 Å². The lowest BCUT2D eigenvalue weighted by Gasteiger charge is -2.10. The molecule has 0 bridgehead atoms. The van der Waals surface area contributed by atoms with Gasteiger partial charge in [0.25, 0.3) is 5.56 Å². The van der Waals surface area contributed by atoms with Gasteiger partial charge in [0.05, 0.1) is 10.6 Å². The number of hydrogen-bond acceptors (Lipinski definition) is 6. The van der Waals surface area contributed by atoms with Crippen LogP contribution in [0.25, 0.3) is 11.3 Å². The monoisotopic (exact) mass is 399 g/mol. The van der Waals surface area contributed by atoms with Crippen LogP contribution in [0.3, 0.4) is 0 Å². The zero-order chi connectivity index (χ0) is 16.5. The molecule has 0 atom stereocenters. The van der Waals surface area contributed by atoms with Gasteiger partial charge in [-0.25, -0.2) is 13.4 Å². The molecule has 0 unspecified atom stereocenters. The maximum absolute atomic E-state index is 12.0. The van der Waals surface area contributed by atoms with Crippen LogP contribution < -0.4 is 5.56 Å². The van der Waals surface area contributed by atoms with Gasteiger partial charge in [0.2, 0.25) is 0 Å². The van der Waals surface area contributed by atoms with E-state index >= 15 is 0 Å². The van der Waals surface area contributed by atoms with Gasteiger partial charge in [0, 0.05) is 16.3 Å². The molecule has 0 aliphatic heterocycles. The first-order valence-electron chi connectivity index (χ1n) is 5.86. The van der Waals surface area contributed by atoms with Crippen LogP contribution in [0.2, 0.25) is 0 Å². The summed E-state index contributed by atoms with van der Waals surface area (Å²) in [5.41, 5.74) is -0.531. The zero-order valence-corrected chi connectivity index (χ0v) is 14.8. The molecule has 0 radical (unpaired) electrons. The van der Waals surface area contributed by atoms with E-state index in [-0.39, 0.29) is 21.7 Å². The third kappa shape index (κ3) is 3.24. The quantitative estimate of drug-likeness (QED) is 0.626. The van der Waals surface area contributed by atoms with Crippen molar-refractivity contribution in [2.45, 2.75) is 10.1 Å². The normalized spacial score (nSPS) is 11.2. The fourth-order valence-corrected chi connectivity index (χ4v) is 3.64. The van der Waals surface area contributed by atoms with Gasteiger partial charge in [-0.1, -0.05) is 33.8 Å². The highest BCUT2D eigenvalue weighted by Gasteiger charge is 2.21. The van der Waals surface area contributed by atoms with E-state index in [1.807, 2.05) is 0 Å². The minimum Gasteiger partial charge on any atom is -0.300 e. The van der Waals surface area contributed by atoms with Crippen LogP contribution in [0.4, 0.5) is 0 Å². The van der Waals surface area contributed by atoms with Crippen LogP contribution in [0.5, 0.6) is 0 Å². The van der Waals surface area contributed by atoms with Crippen molar-refractivity contribution in [1.82, 2.24) is 9.97 Å². The predicted molar refractivity (Wildman–Crippen MR) is 87.6 cm³/mol. The average molecular weight is 400 g/mol. The maximum Gasteiger partial charge on any atom is 0.270 e. The van der Waals surface area contributed by atoms with Crippen LogP contribution in [0, 0.1) is 11.3 Å². The van der Waals surface area contributed by atoms with Crippen LogP contribution in [-0.2, 0) is 9.84 Å². The number of rotatable bonds is 3. The van der Waals surface area contributed by atoms with Gasteiger partial charge in [-0.2, -0.15) is 5.26 Å². The van der Waals surface area contributed by atoms with Gasteiger partial charge >= 0.3 is 0 Å². The van der Waals surface area contributed by atoms with Crippen molar-refractivity contribution < 1.29 is 8.42 Å². The van der Waals surface area contributed by atoms with Crippen LogP contribution in [0.1, 0.15) is 5.56 Å². The van der Waals surface area contributed by atoms with E-state index in [2.05, 4.69) is 25.9 Å². The number of H-pyrrole nitrogens is 1. The molecule has 1 heterocycles. The Hall–Kier alpha value is -1.63. The second-order valence-electron chi connectivity index (χ2n) is 4.32. The summed E-state index contributed by atoms with van der Waals surface area (Å²) >= 11 is 4.41. The topological polar surface area (TPSA) is 104 Å². The number of nitriles is 1. The second kappa shape index (κ2) is 6.24. The average Bonchev–Trinajstić information content (AvgIpc) is 2.45. The van der Waals surface area contributed by atoms with E-state index in [0.717, 1.165) is 6.26 Å². The van der Waals surface area contributed by atoms with E-state index in [4.69, 9.17) is 0 Å². The third-order valence-electron chi connectivity index (χ3n) is 2.80. The highest BCUT2D eigenvalue weighted by atomic mass is 79.9. The highest BCUT2D eigenvalue weighted by Crippen LogP contribution is 2.30. The molecule has 6 nitrogen and oxygen atoms in total. The number of hydrogen-bond donors (Lipinski definition) is 1. The predicted octanol–water partition coefficient (Wildman–Crippen LogP) is 2.20. The van der Waals surface area contributed by atoms with Crippen LogP contribution in [-0.4, -0.2) is 30.9 Å². The summed E-state index contributed by atoms with van der Waals surface area (Å²) in [6.07, 6.45) is 2.78. The summed E-state index contributed by atoms with van der Waals surface area (Å²) in [5.74, 6) is 0. The number of thioether (sulfide) groups is 1. The van der Waals surface area contributed by atoms with Crippen molar-refractivity contribution in [1.29, 1.82) is 5.26 Å². The molecule has 114 valence electrons. The highest BCUT2D eigenvalue weighted by molar-refractivity contribution is 9.10. The minimum absolute atomic E-state index is 0.00327. The van der Waals surface area contributed by atoms with E-state index in [1.54, 1.807) is 18.4 Å². The van der Waals surface area contributed by atoms with E-state index in [1.165, 1.54) is 23.9 Å². The van der Waals surface area contributed by atoms with Crippen LogP contribution in [0.15, 0.2) is 37.5 Å². The van der Waals surface area contributed by atoms with Crippen LogP contribution >= 0.6 is 27.7 Å². The number of aromatic amines is 1. The molecule has 0 spiro atoms. The fraction of sp³-hybridized carbons (Fsp3) is 0.154. The lowest BCUT2D eigenvalue weighted by Crippen LogP contribution is -2.15. The summed E-state index contributed by atoms with van der Waals surface area (Å²) in [6.45, 7) is 0. The molecule has 2 rings (SSSR count). The van der Waals surface area contributed by atoms with Gasteiger partial charge in [0.15, 0.2) is 15.0 Å². The Morgan fingerprint density at radius 2 is 2.09 bits per heavy atom. The summed E-state index contributed by atoms with van der Waals surface area (Å²) in [5, 5.41) is 9.50. The Kier molecular flexibility index (Phi) is 4.75. The van der Waals surface area contributed by atoms with Crippen molar-refractivity contribution >= 4 is 37.5 Å². The lowest BCUT2D eigenvalue weighted by atomic mass is 10.1. The van der Waals surface area contributed by atoms with Gasteiger partial charge in [-0.3, -0.25) is 4.79 Å². The maximum atomic E-state index is 12.0. The smallest absolute Gasteiger partial charge is 0.270 e. The molecule has 22 heavy (non-hydrogen) atoms. The summed E-state index contributed by atoms with van der Waals surface area (Å²) in [6, 6.07) is 6.36. The molecule has 0 aliphatic rings. The molecular weight excluding hydrogens is 390 g/mol. The van der Waals surface area contributed by atoms with Crippen molar-refractivity contribution in [3.05, 3.63) is 38.6 Å². The molecule has 0 amide bonds. The Morgan fingerprint density at radius 3 is 2.64 bits per heavy atom. The molecule has 0 aliphatic carbocycles. The molecule has 1 aromatic carbocycles. The molecule has 1 N–H and O–H groups in total. The molecule has 0 saturated carbocycles. The first kappa shape index (κ1) is 16.7. The molecule has 2 aromatic rings. The standard InChI is InChI=1S/C13H10BrN3O3S2/c1-21-13-16-11(9(6-15)12(18)17-13)8-4-3-7(14)5-10(8)22(2,19)20/h3-5H,1-2H3,(H,16,17,18). The number of nitrogens with one attached hydrogen (secondary N) is 1. The molecule has 0 saturated heterocycles. The largest absolute Gasteiger partial charge is 0.300 e. The molecule has 1 aromatic heterocycles. The summed E-state index contributed by atoms with van der Waals surface area (Å²) < 4.78 is 24.6. The number of halogens is 1. The molecule has 9 heteroatoms. The second-order valence-corrected chi connectivity index (χ2v) is 8.02. The number of benzene rings is 1. The SMILES string of the molecule is CSc1nc(-c2ccc(Br)cc2S(C)(=O)=O)c(C#N)c(=O)[nH]1. The number of aromatic nitrogens is 2. The first-order chi connectivity index (χ1) is 10.3. The van der Waals surface area contributed by atoms with Gasteiger partial charge < -0.3 is 4.98 Å². The van der Waals surface area contributed by atoms with Crippen molar-refractivity contribution in [2.24, 2.45) is 0 Å². The van der Waals surface area contributed by atoms with E-state index in [9.17, 15) is 18.5 Å². The third-order valence-corrected chi connectivity index (χ3v) is 5.01. The number of sulfone groups is 1. The zero-order valence-electron chi connectivity index (χ0n) is 11.5. The molecular formula is C13H10BrN3O3S2. The van der Waals surface area contributed by atoms with Gasteiger partial charge in [-0.05, 0) is 18.4 Å². The van der Waals surface area contributed by atoms with Gasteiger partial charge in [0.1, 0.15) is 11.6 Å². The Bertz CT molecular complexity index is 946. The van der Waals surface area contributed by atoms with E-state index < -0.39 is 15.4 Å². The first-order valence-corrected chi connectivity index (χ1v) is 9.77. The van der Waals surface area contributed by atoms with Crippen molar-refractivity contribution in [3.8, 4) is 17.3 Å². The Morgan fingerprint density at radius 1 is 1.41 bits per heavy atom. The summed E-state index contributed by atoms with van der Waals surface area (Å²) in [4.78, 5) is 18.6. The molecule has 0 fully saturated rings. The lowest BCUT2D eigenvalue weighted by molar-refractivity contribution is 0.602. The van der Waals surface area contributed by atoms with Crippen molar-refractivity contribution in [2.75, 3.05) is 12.5 Å². The number of nitrogens with zero attached hydrogens (tertiary/aromatic N) is 2. The van der Waals surface area contributed by atoms with Gasteiger partial charge in [-0.15, -0.1) is 0 Å². The summed E-state index contributed by atoms with van der Waals surface area (Å²) in [7, 11) is -3.56. The van der Waals surface area contributed by atoms with Crippen molar-refractivity contribution in [3.63, 3.8) is 0 Å². The van der Waals surface area contributed by atoms with E-state index in [0.29, 0.717) is 9.63 Å².